The number of ether oxygens (including phenoxy) is 1. The third-order valence-electron chi connectivity index (χ3n) is 5.13. The highest BCUT2D eigenvalue weighted by Crippen LogP contribution is 2.20. The molecular weight excluding hydrogens is 385 g/mol. The SMILES string of the molecule is O=C(c1ccc(=O)n(-c2ccc(F)cc2)n1)N1CCCC(COc2ccccc2)C1. The van der Waals surface area contributed by atoms with Crippen LogP contribution in [0.25, 0.3) is 5.69 Å². The minimum atomic E-state index is -0.406. The number of halogens is 1. The minimum Gasteiger partial charge on any atom is -0.493 e. The molecule has 1 aromatic heterocycles. The molecule has 7 heteroatoms. The summed E-state index contributed by atoms with van der Waals surface area (Å²) >= 11 is 0. The molecule has 0 saturated carbocycles. The van der Waals surface area contributed by atoms with E-state index in [9.17, 15) is 14.0 Å². The van der Waals surface area contributed by atoms with Gasteiger partial charge in [0.05, 0.1) is 12.3 Å². The molecule has 3 aromatic rings. The zero-order chi connectivity index (χ0) is 20.9. The molecule has 0 bridgehead atoms. The largest absolute Gasteiger partial charge is 0.493 e. The van der Waals surface area contributed by atoms with Crippen LogP contribution in [0.1, 0.15) is 23.3 Å². The summed E-state index contributed by atoms with van der Waals surface area (Å²) < 4.78 is 20.2. The van der Waals surface area contributed by atoms with Crippen LogP contribution in [0, 0.1) is 11.7 Å². The molecule has 0 N–H and O–H groups in total. The molecule has 0 spiro atoms. The van der Waals surface area contributed by atoms with Crippen LogP contribution in [0.4, 0.5) is 4.39 Å². The maximum absolute atomic E-state index is 13.2. The Morgan fingerprint density at radius 1 is 1.07 bits per heavy atom. The first-order valence-corrected chi connectivity index (χ1v) is 9.93. The number of piperidine rings is 1. The lowest BCUT2D eigenvalue weighted by Crippen LogP contribution is -2.42. The number of carbonyl (C=O) groups is 1. The second kappa shape index (κ2) is 8.90. The Bertz CT molecular complexity index is 1070. The summed E-state index contributed by atoms with van der Waals surface area (Å²) in [4.78, 5) is 27.0. The topological polar surface area (TPSA) is 64.4 Å². The molecule has 1 amide bonds. The number of aromatic nitrogens is 2. The van der Waals surface area contributed by atoms with Crippen LogP contribution in [-0.4, -0.2) is 40.3 Å². The molecule has 1 aliphatic heterocycles. The molecule has 4 rings (SSSR count). The number of carbonyl (C=O) groups excluding carboxylic acids is 1. The lowest BCUT2D eigenvalue weighted by Gasteiger charge is -2.32. The third-order valence-corrected chi connectivity index (χ3v) is 5.13. The fraction of sp³-hybridized carbons (Fsp3) is 0.261. The van der Waals surface area contributed by atoms with Gasteiger partial charge in [-0.05, 0) is 55.3 Å². The predicted molar refractivity (Wildman–Crippen MR) is 110 cm³/mol. The Kier molecular flexibility index (Phi) is 5.88. The molecule has 154 valence electrons. The summed E-state index contributed by atoms with van der Waals surface area (Å²) in [6.45, 7) is 1.75. The van der Waals surface area contributed by atoms with Crippen molar-refractivity contribution >= 4 is 5.91 Å². The predicted octanol–water partition coefficient (Wildman–Crippen LogP) is 3.30. The van der Waals surface area contributed by atoms with Crippen molar-refractivity contribution in [2.75, 3.05) is 19.7 Å². The van der Waals surface area contributed by atoms with Gasteiger partial charge in [0.15, 0.2) is 0 Å². The van der Waals surface area contributed by atoms with E-state index in [1.54, 1.807) is 4.90 Å². The van der Waals surface area contributed by atoms with Gasteiger partial charge < -0.3 is 9.64 Å². The minimum absolute atomic E-state index is 0.184. The van der Waals surface area contributed by atoms with Crippen molar-refractivity contribution in [2.24, 2.45) is 5.92 Å². The zero-order valence-corrected chi connectivity index (χ0v) is 16.4. The van der Waals surface area contributed by atoms with Crippen molar-refractivity contribution in [1.29, 1.82) is 0 Å². The molecule has 1 saturated heterocycles. The van der Waals surface area contributed by atoms with Crippen molar-refractivity contribution in [1.82, 2.24) is 14.7 Å². The van der Waals surface area contributed by atoms with Crippen LogP contribution >= 0.6 is 0 Å². The zero-order valence-electron chi connectivity index (χ0n) is 16.4. The van der Waals surface area contributed by atoms with Gasteiger partial charge in [0.2, 0.25) is 0 Å². The average molecular weight is 407 g/mol. The number of amides is 1. The van der Waals surface area contributed by atoms with Gasteiger partial charge >= 0.3 is 0 Å². The van der Waals surface area contributed by atoms with Crippen molar-refractivity contribution in [2.45, 2.75) is 12.8 Å². The van der Waals surface area contributed by atoms with Gasteiger partial charge in [-0.3, -0.25) is 9.59 Å². The van der Waals surface area contributed by atoms with Gasteiger partial charge in [-0.2, -0.15) is 9.78 Å². The highest BCUT2D eigenvalue weighted by atomic mass is 19.1. The molecule has 1 unspecified atom stereocenters. The summed E-state index contributed by atoms with van der Waals surface area (Å²) in [7, 11) is 0. The number of nitrogens with zero attached hydrogens (tertiary/aromatic N) is 3. The van der Waals surface area contributed by atoms with Crippen LogP contribution in [0.5, 0.6) is 5.75 Å². The maximum Gasteiger partial charge on any atom is 0.274 e. The smallest absolute Gasteiger partial charge is 0.274 e. The first kappa shape index (κ1) is 19.8. The molecular formula is C23H22FN3O3. The number of hydrogen-bond donors (Lipinski definition) is 0. The van der Waals surface area contributed by atoms with E-state index in [4.69, 9.17) is 4.74 Å². The van der Waals surface area contributed by atoms with E-state index in [0.29, 0.717) is 25.4 Å². The van der Waals surface area contributed by atoms with Crippen molar-refractivity contribution < 1.29 is 13.9 Å². The number of benzene rings is 2. The molecule has 1 aliphatic rings. The number of likely N-dealkylation sites (tertiary alicyclic amines) is 1. The first-order valence-electron chi connectivity index (χ1n) is 9.93. The summed E-state index contributed by atoms with van der Waals surface area (Å²) in [5.74, 6) is 0.409. The summed E-state index contributed by atoms with van der Waals surface area (Å²) in [6.07, 6.45) is 1.87. The molecule has 1 atom stereocenters. The van der Waals surface area contributed by atoms with E-state index in [1.165, 1.54) is 36.4 Å². The van der Waals surface area contributed by atoms with Gasteiger partial charge in [0.1, 0.15) is 17.3 Å². The lowest BCUT2D eigenvalue weighted by molar-refractivity contribution is 0.0625. The monoisotopic (exact) mass is 407 g/mol. The molecule has 2 heterocycles. The molecule has 30 heavy (non-hydrogen) atoms. The van der Waals surface area contributed by atoms with Crippen LogP contribution < -0.4 is 10.3 Å². The fourth-order valence-electron chi connectivity index (χ4n) is 3.57. The van der Waals surface area contributed by atoms with E-state index < -0.39 is 5.82 Å². The van der Waals surface area contributed by atoms with Crippen molar-refractivity contribution in [3.05, 3.63) is 88.6 Å². The fourth-order valence-corrected chi connectivity index (χ4v) is 3.57. The highest BCUT2D eigenvalue weighted by molar-refractivity contribution is 5.92. The van der Waals surface area contributed by atoms with E-state index in [-0.39, 0.29) is 23.1 Å². The quantitative estimate of drug-likeness (QED) is 0.651. The second-order valence-corrected chi connectivity index (χ2v) is 7.33. The second-order valence-electron chi connectivity index (χ2n) is 7.33. The van der Waals surface area contributed by atoms with Gasteiger partial charge in [-0.1, -0.05) is 18.2 Å². The van der Waals surface area contributed by atoms with Gasteiger partial charge in [0.25, 0.3) is 11.5 Å². The van der Waals surface area contributed by atoms with Crippen molar-refractivity contribution in [3.8, 4) is 11.4 Å². The first-order chi connectivity index (χ1) is 14.6. The normalized spacial score (nSPS) is 16.3. The maximum atomic E-state index is 13.2. The van der Waals surface area contributed by atoms with E-state index in [0.717, 1.165) is 23.3 Å². The Labute approximate surface area is 173 Å². The van der Waals surface area contributed by atoms with Crippen LogP contribution in [0.3, 0.4) is 0 Å². The summed E-state index contributed by atoms with van der Waals surface area (Å²) in [6, 6.07) is 17.8. The van der Waals surface area contributed by atoms with Crippen LogP contribution in [0.15, 0.2) is 71.5 Å². The molecule has 6 nitrogen and oxygen atoms in total. The summed E-state index contributed by atoms with van der Waals surface area (Å²) in [5.41, 5.74) is 0.207. The Morgan fingerprint density at radius 3 is 2.60 bits per heavy atom. The van der Waals surface area contributed by atoms with Crippen LogP contribution in [-0.2, 0) is 0 Å². The lowest BCUT2D eigenvalue weighted by atomic mass is 9.98. The molecule has 1 fully saturated rings. The Morgan fingerprint density at radius 2 is 1.83 bits per heavy atom. The van der Waals surface area contributed by atoms with E-state index in [2.05, 4.69) is 5.10 Å². The van der Waals surface area contributed by atoms with Crippen molar-refractivity contribution in [3.63, 3.8) is 0 Å². The number of rotatable bonds is 5. The standard InChI is InChI=1S/C23H22FN3O3/c24-18-8-10-19(11-9-18)27-22(28)13-12-21(25-27)23(29)26-14-4-5-17(15-26)16-30-20-6-2-1-3-7-20/h1-3,6-13,17H,4-5,14-16H2. The average Bonchev–Trinajstić information content (AvgIpc) is 2.79. The van der Waals surface area contributed by atoms with Gasteiger partial charge in [0, 0.05) is 25.1 Å². The summed E-state index contributed by atoms with van der Waals surface area (Å²) in [5, 5.41) is 4.23. The van der Waals surface area contributed by atoms with E-state index >= 15 is 0 Å². The molecule has 0 radical (unpaired) electrons. The molecule has 0 aliphatic carbocycles. The third kappa shape index (κ3) is 4.56. The van der Waals surface area contributed by atoms with Crippen LogP contribution in [0.2, 0.25) is 0 Å². The van der Waals surface area contributed by atoms with Gasteiger partial charge in [-0.15, -0.1) is 0 Å². The van der Waals surface area contributed by atoms with Gasteiger partial charge in [-0.25, -0.2) is 4.39 Å². The molecule has 2 aromatic carbocycles. The Balaban J connectivity index is 1.46. The van der Waals surface area contributed by atoms with E-state index in [1.807, 2.05) is 30.3 Å². The number of hydrogen-bond acceptors (Lipinski definition) is 4. The number of para-hydroxylation sites is 1. The Hall–Kier alpha value is -3.48. The highest BCUT2D eigenvalue weighted by Gasteiger charge is 2.26.